The maximum Gasteiger partial charge on any atom is 0.145 e. The van der Waals surface area contributed by atoms with Gasteiger partial charge < -0.3 is 15.6 Å². The van der Waals surface area contributed by atoms with E-state index in [1.807, 2.05) is 0 Å². The first-order valence-electron chi connectivity index (χ1n) is 5.55. The van der Waals surface area contributed by atoms with Gasteiger partial charge in [0.15, 0.2) is 0 Å². The highest BCUT2D eigenvalue weighted by Gasteiger charge is 2.22. The fourth-order valence-electron chi connectivity index (χ4n) is 2.02. The Labute approximate surface area is 94.0 Å². The summed E-state index contributed by atoms with van der Waals surface area (Å²) < 4.78 is 18.6. The molecule has 1 saturated carbocycles. The molecule has 0 bridgehead atoms. The monoisotopic (exact) mass is 225 g/mol. The molecule has 2 atom stereocenters. The minimum atomic E-state index is -0.361. The zero-order chi connectivity index (χ0) is 11.5. The van der Waals surface area contributed by atoms with Gasteiger partial charge in [-0.2, -0.15) is 0 Å². The number of nitrogens with two attached hydrogens (primary N) is 1. The van der Waals surface area contributed by atoms with Crippen LogP contribution in [0.3, 0.4) is 0 Å². The fourth-order valence-corrected chi connectivity index (χ4v) is 2.02. The van der Waals surface area contributed by atoms with Crippen LogP contribution in [0.1, 0.15) is 25.7 Å². The van der Waals surface area contributed by atoms with Gasteiger partial charge in [0.25, 0.3) is 0 Å². The molecule has 0 heterocycles. The Balaban J connectivity index is 2.05. The molecule has 1 aliphatic rings. The molecule has 1 aromatic rings. The SMILES string of the molecule is Nc1ccc(F)cc1O[C@H]1CCC[C@H](O)C1. The quantitative estimate of drug-likeness (QED) is 0.758. The van der Waals surface area contributed by atoms with E-state index in [0.29, 0.717) is 17.9 Å². The maximum absolute atomic E-state index is 13.0. The molecule has 0 amide bonds. The molecule has 3 N–H and O–H groups in total. The van der Waals surface area contributed by atoms with E-state index >= 15 is 0 Å². The molecular formula is C12H16FNO2. The third kappa shape index (κ3) is 2.64. The highest BCUT2D eigenvalue weighted by Crippen LogP contribution is 2.28. The zero-order valence-electron chi connectivity index (χ0n) is 9.03. The van der Waals surface area contributed by atoms with Crippen molar-refractivity contribution in [3.8, 4) is 5.75 Å². The van der Waals surface area contributed by atoms with Crippen molar-refractivity contribution in [2.24, 2.45) is 0 Å². The van der Waals surface area contributed by atoms with Crippen LogP contribution in [0.25, 0.3) is 0 Å². The first kappa shape index (κ1) is 11.2. The van der Waals surface area contributed by atoms with E-state index in [4.69, 9.17) is 10.5 Å². The summed E-state index contributed by atoms with van der Waals surface area (Å²) in [7, 11) is 0. The van der Waals surface area contributed by atoms with Crippen molar-refractivity contribution in [3.05, 3.63) is 24.0 Å². The minimum Gasteiger partial charge on any atom is -0.488 e. The molecule has 0 aliphatic heterocycles. The Morgan fingerprint density at radius 2 is 2.19 bits per heavy atom. The molecule has 0 saturated heterocycles. The Morgan fingerprint density at radius 1 is 1.38 bits per heavy atom. The largest absolute Gasteiger partial charge is 0.488 e. The van der Waals surface area contributed by atoms with Crippen molar-refractivity contribution >= 4 is 5.69 Å². The van der Waals surface area contributed by atoms with Crippen molar-refractivity contribution in [3.63, 3.8) is 0 Å². The topological polar surface area (TPSA) is 55.5 Å². The normalized spacial score (nSPS) is 25.4. The van der Waals surface area contributed by atoms with Gasteiger partial charge in [0.2, 0.25) is 0 Å². The smallest absolute Gasteiger partial charge is 0.145 e. The second kappa shape index (κ2) is 4.70. The van der Waals surface area contributed by atoms with E-state index in [9.17, 15) is 9.50 Å². The van der Waals surface area contributed by atoms with Gasteiger partial charge in [0.1, 0.15) is 17.7 Å². The number of benzene rings is 1. The van der Waals surface area contributed by atoms with E-state index in [2.05, 4.69) is 0 Å². The fraction of sp³-hybridized carbons (Fsp3) is 0.500. The number of aliphatic hydroxyl groups is 1. The van der Waals surface area contributed by atoms with Gasteiger partial charge >= 0.3 is 0 Å². The van der Waals surface area contributed by atoms with Gasteiger partial charge in [-0.3, -0.25) is 0 Å². The van der Waals surface area contributed by atoms with E-state index in [1.165, 1.54) is 18.2 Å². The lowest BCUT2D eigenvalue weighted by Crippen LogP contribution is -2.28. The Bertz CT molecular complexity index is 370. The molecular weight excluding hydrogens is 209 g/mol. The second-order valence-corrected chi connectivity index (χ2v) is 4.24. The summed E-state index contributed by atoms with van der Waals surface area (Å²) in [6.45, 7) is 0. The lowest BCUT2D eigenvalue weighted by molar-refractivity contribution is 0.0539. The van der Waals surface area contributed by atoms with Crippen molar-refractivity contribution in [1.82, 2.24) is 0 Å². The summed E-state index contributed by atoms with van der Waals surface area (Å²) >= 11 is 0. The molecule has 1 aromatic carbocycles. The number of aliphatic hydroxyl groups excluding tert-OH is 1. The summed E-state index contributed by atoms with van der Waals surface area (Å²) in [5.74, 6) is 0.0136. The van der Waals surface area contributed by atoms with Crippen LogP contribution in [0.4, 0.5) is 10.1 Å². The molecule has 4 heteroatoms. The van der Waals surface area contributed by atoms with E-state index in [1.54, 1.807) is 0 Å². The molecule has 1 fully saturated rings. The Kier molecular flexibility index (Phi) is 3.29. The first-order valence-corrected chi connectivity index (χ1v) is 5.55. The van der Waals surface area contributed by atoms with Gasteiger partial charge in [0, 0.05) is 12.5 Å². The number of anilines is 1. The highest BCUT2D eigenvalue weighted by molar-refractivity contribution is 5.52. The lowest BCUT2D eigenvalue weighted by Gasteiger charge is -2.27. The van der Waals surface area contributed by atoms with Crippen molar-refractivity contribution in [2.45, 2.75) is 37.9 Å². The average Bonchev–Trinajstić information content (AvgIpc) is 2.24. The molecule has 88 valence electrons. The summed E-state index contributed by atoms with van der Waals surface area (Å²) in [4.78, 5) is 0. The van der Waals surface area contributed by atoms with Crippen LogP contribution in [0.5, 0.6) is 5.75 Å². The molecule has 3 nitrogen and oxygen atoms in total. The van der Waals surface area contributed by atoms with Crippen LogP contribution in [-0.4, -0.2) is 17.3 Å². The number of hydrogen-bond acceptors (Lipinski definition) is 3. The van der Waals surface area contributed by atoms with Crippen LogP contribution < -0.4 is 10.5 Å². The molecule has 0 spiro atoms. The standard InChI is InChI=1S/C12H16FNO2/c13-8-4-5-11(14)12(6-8)16-10-3-1-2-9(15)7-10/h4-6,9-10,15H,1-3,7,14H2/t9-,10-/m0/s1. The van der Waals surface area contributed by atoms with Gasteiger partial charge in [0.05, 0.1) is 11.8 Å². The molecule has 16 heavy (non-hydrogen) atoms. The summed E-state index contributed by atoms with van der Waals surface area (Å²) in [5, 5.41) is 9.50. The van der Waals surface area contributed by atoms with Gasteiger partial charge in [-0.1, -0.05) is 0 Å². The number of ether oxygens (including phenoxy) is 1. The van der Waals surface area contributed by atoms with Crippen LogP contribution in [-0.2, 0) is 0 Å². The minimum absolute atomic E-state index is 0.0622. The third-order valence-corrected chi connectivity index (χ3v) is 2.87. The number of rotatable bonds is 2. The maximum atomic E-state index is 13.0. The number of halogens is 1. The van der Waals surface area contributed by atoms with E-state index in [0.717, 1.165) is 19.3 Å². The molecule has 1 aliphatic carbocycles. The lowest BCUT2D eigenvalue weighted by atomic mass is 9.95. The van der Waals surface area contributed by atoms with Gasteiger partial charge in [-0.15, -0.1) is 0 Å². The molecule has 0 radical (unpaired) electrons. The Morgan fingerprint density at radius 3 is 2.94 bits per heavy atom. The van der Waals surface area contributed by atoms with Crippen LogP contribution in [0.2, 0.25) is 0 Å². The third-order valence-electron chi connectivity index (χ3n) is 2.87. The van der Waals surface area contributed by atoms with E-state index < -0.39 is 0 Å². The van der Waals surface area contributed by atoms with Crippen LogP contribution in [0, 0.1) is 5.82 Å². The highest BCUT2D eigenvalue weighted by atomic mass is 19.1. The summed E-state index contributed by atoms with van der Waals surface area (Å²) in [6.07, 6.45) is 2.85. The van der Waals surface area contributed by atoms with Crippen LogP contribution in [0.15, 0.2) is 18.2 Å². The van der Waals surface area contributed by atoms with Crippen molar-refractivity contribution < 1.29 is 14.2 Å². The van der Waals surface area contributed by atoms with Gasteiger partial charge in [-0.25, -0.2) is 4.39 Å². The predicted octanol–water partition coefficient (Wildman–Crippen LogP) is 2.09. The first-order chi connectivity index (χ1) is 7.65. The van der Waals surface area contributed by atoms with Gasteiger partial charge in [-0.05, 0) is 31.4 Å². The zero-order valence-corrected chi connectivity index (χ0v) is 9.03. The van der Waals surface area contributed by atoms with Crippen molar-refractivity contribution in [2.75, 3.05) is 5.73 Å². The summed E-state index contributed by atoms with van der Waals surface area (Å²) in [5.41, 5.74) is 6.12. The molecule has 0 aromatic heterocycles. The predicted molar refractivity (Wildman–Crippen MR) is 59.7 cm³/mol. The van der Waals surface area contributed by atoms with Crippen LogP contribution >= 0.6 is 0 Å². The molecule has 0 unspecified atom stereocenters. The number of nitrogen functional groups attached to an aromatic ring is 1. The second-order valence-electron chi connectivity index (χ2n) is 4.24. The summed E-state index contributed by atoms with van der Waals surface area (Å²) in [6, 6.07) is 4.08. The Hall–Kier alpha value is -1.29. The average molecular weight is 225 g/mol. The molecule has 2 rings (SSSR count). The van der Waals surface area contributed by atoms with E-state index in [-0.39, 0.29) is 18.0 Å². The number of hydrogen-bond donors (Lipinski definition) is 2. The van der Waals surface area contributed by atoms with Crippen molar-refractivity contribution in [1.29, 1.82) is 0 Å².